The fourth-order valence-electron chi connectivity index (χ4n) is 4.04. The molecule has 0 saturated carbocycles. The summed E-state index contributed by atoms with van der Waals surface area (Å²) in [6, 6.07) is 10.7. The monoisotopic (exact) mass is 392 g/mol. The van der Waals surface area contributed by atoms with Gasteiger partial charge in [-0.05, 0) is 69.2 Å². The van der Waals surface area contributed by atoms with Crippen LogP contribution < -0.4 is 15.2 Å². The molecule has 1 N–H and O–H groups in total. The normalized spacial score (nSPS) is 15.8. The van der Waals surface area contributed by atoms with E-state index in [0.29, 0.717) is 5.84 Å². The first kappa shape index (κ1) is 19.1. The number of nitrogens with one attached hydrogen (secondary N) is 1. The fourth-order valence-corrected chi connectivity index (χ4v) is 4.04. The number of carbonyl (C=O) groups is 1. The molecule has 2 aromatic carbocycles. The molecular weight excluding hydrogens is 364 g/mol. The van der Waals surface area contributed by atoms with Gasteiger partial charge in [0.1, 0.15) is 0 Å². The van der Waals surface area contributed by atoms with Crippen LogP contribution in [0.4, 0.5) is 27.5 Å². The van der Waals surface area contributed by atoms with Crippen LogP contribution in [0, 0.1) is 13.8 Å². The summed E-state index contributed by atoms with van der Waals surface area (Å²) in [5, 5.41) is 7.20. The van der Waals surface area contributed by atoms with Crippen molar-refractivity contribution in [2.24, 2.45) is 5.10 Å². The minimum atomic E-state index is -0.196. The Morgan fingerprint density at radius 1 is 0.862 bits per heavy atom. The SMILES string of the molecule is CCN1c2ccc(C3=NN(C)C(=O)N(C)N3)cc2N(CC)c2cc(C)c(C)cc21. The lowest BCUT2D eigenvalue weighted by Gasteiger charge is -2.40. The van der Waals surface area contributed by atoms with E-state index in [-0.39, 0.29) is 6.03 Å². The topological polar surface area (TPSA) is 54.4 Å². The molecule has 0 unspecified atom stereocenters. The number of amidine groups is 1. The van der Waals surface area contributed by atoms with Crippen LogP contribution in [0.15, 0.2) is 35.4 Å². The van der Waals surface area contributed by atoms with E-state index in [1.54, 1.807) is 14.1 Å². The number of hydrogen-bond acceptors (Lipinski definition) is 5. The van der Waals surface area contributed by atoms with Gasteiger partial charge in [-0.25, -0.2) is 14.8 Å². The number of hydrazone groups is 1. The number of benzene rings is 2. The lowest BCUT2D eigenvalue weighted by molar-refractivity contribution is 0.157. The number of aryl methyl sites for hydroxylation is 2. The van der Waals surface area contributed by atoms with Gasteiger partial charge in [0.15, 0.2) is 5.84 Å². The van der Waals surface area contributed by atoms with Crippen LogP contribution in [0.3, 0.4) is 0 Å². The van der Waals surface area contributed by atoms with E-state index in [2.05, 4.69) is 78.4 Å². The maximum absolute atomic E-state index is 12.0. The molecule has 0 saturated heterocycles. The summed E-state index contributed by atoms with van der Waals surface area (Å²) >= 11 is 0. The van der Waals surface area contributed by atoms with Crippen molar-refractivity contribution in [2.45, 2.75) is 27.7 Å². The number of hydrazine groups is 1. The molecule has 7 heteroatoms. The molecule has 2 amide bonds. The first-order valence-corrected chi connectivity index (χ1v) is 10.0. The van der Waals surface area contributed by atoms with E-state index in [1.807, 2.05) is 0 Å². The maximum atomic E-state index is 12.0. The van der Waals surface area contributed by atoms with Gasteiger partial charge >= 0.3 is 6.03 Å². The average Bonchev–Trinajstić information content (AvgIpc) is 2.70. The average molecular weight is 393 g/mol. The lowest BCUT2D eigenvalue weighted by Crippen LogP contribution is -2.52. The van der Waals surface area contributed by atoms with Crippen LogP contribution in [-0.2, 0) is 0 Å². The highest BCUT2D eigenvalue weighted by Gasteiger charge is 2.29. The second-order valence-electron chi connectivity index (χ2n) is 7.54. The summed E-state index contributed by atoms with van der Waals surface area (Å²) < 4.78 is 0. The van der Waals surface area contributed by atoms with Crippen molar-refractivity contribution in [3.63, 3.8) is 0 Å². The van der Waals surface area contributed by atoms with Gasteiger partial charge in [0.25, 0.3) is 0 Å². The summed E-state index contributed by atoms with van der Waals surface area (Å²) in [4.78, 5) is 16.7. The lowest BCUT2D eigenvalue weighted by atomic mass is 10.0. The number of fused-ring (bicyclic) bond motifs is 2. The van der Waals surface area contributed by atoms with Gasteiger partial charge in [0, 0.05) is 32.7 Å². The predicted molar refractivity (Wildman–Crippen MR) is 118 cm³/mol. The van der Waals surface area contributed by atoms with Crippen molar-refractivity contribution < 1.29 is 4.79 Å². The summed E-state index contributed by atoms with van der Waals surface area (Å²) in [5.74, 6) is 0.655. The molecule has 7 nitrogen and oxygen atoms in total. The minimum absolute atomic E-state index is 0.196. The minimum Gasteiger partial charge on any atom is -0.338 e. The first-order valence-electron chi connectivity index (χ1n) is 10.0. The van der Waals surface area contributed by atoms with Crippen molar-refractivity contribution in [1.82, 2.24) is 15.4 Å². The number of amides is 2. The Morgan fingerprint density at radius 2 is 1.41 bits per heavy atom. The van der Waals surface area contributed by atoms with Crippen molar-refractivity contribution in [3.8, 4) is 0 Å². The third kappa shape index (κ3) is 2.97. The Morgan fingerprint density at radius 3 is 1.97 bits per heavy atom. The molecule has 0 aliphatic carbocycles. The Hall–Kier alpha value is -3.22. The van der Waals surface area contributed by atoms with E-state index in [1.165, 1.54) is 38.2 Å². The number of urea groups is 1. The smallest absolute Gasteiger partial charge is 0.338 e. The van der Waals surface area contributed by atoms with Gasteiger partial charge in [-0.3, -0.25) is 5.43 Å². The van der Waals surface area contributed by atoms with Crippen molar-refractivity contribution in [2.75, 3.05) is 37.0 Å². The van der Waals surface area contributed by atoms with E-state index in [0.717, 1.165) is 24.3 Å². The van der Waals surface area contributed by atoms with Gasteiger partial charge in [0.05, 0.1) is 22.7 Å². The third-order valence-corrected chi connectivity index (χ3v) is 5.72. The molecule has 152 valence electrons. The molecule has 0 radical (unpaired) electrons. The summed E-state index contributed by atoms with van der Waals surface area (Å²) in [6.45, 7) is 10.4. The molecule has 2 aliphatic heterocycles. The largest absolute Gasteiger partial charge is 0.358 e. The van der Waals surface area contributed by atoms with Crippen molar-refractivity contribution in [1.29, 1.82) is 0 Å². The van der Waals surface area contributed by atoms with Crippen molar-refractivity contribution in [3.05, 3.63) is 47.0 Å². The van der Waals surface area contributed by atoms with E-state index in [9.17, 15) is 4.79 Å². The Balaban J connectivity index is 1.85. The molecule has 2 aromatic rings. The first-order chi connectivity index (χ1) is 13.8. The zero-order valence-electron chi connectivity index (χ0n) is 17.9. The fraction of sp³-hybridized carbons (Fsp3) is 0.364. The van der Waals surface area contributed by atoms with Crippen LogP contribution in [0.1, 0.15) is 30.5 Å². The molecule has 2 heterocycles. The van der Waals surface area contributed by atoms with Gasteiger partial charge in [-0.1, -0.05) is 0 Å². The third-order valence-electron chi connectivity index (χ3n) is 5.72. The van der Waals surface area contributed by atoms with Crippen LogP contribution in [0.2, 0.25) is 0 Å². The van der Waals surface area contributed by atoms with Gasteiger partial charge < -0.3 is 9.80 Å². The summed E-state index contributed by atoms with van der Waals surface area (Å²) in [6.07, 6.45) is 0. The van der Waals surface area contributed by atoms with Crippen LogP contribution >= 0.6 is 0 Å². The van der Waals surface area contributed by atoms with E-state index >= 15 is 0 Å². The predicted octanol–water partition coefficient (Wildman–Crippen LogP) is 4.10. The number of anilines is 4. The number of hydrogen-bond donors (Lipinski definition) is 1. The van der Waals surface area contributed by atoms with E-state index < -0.39 is 0 Å². The summed E-state index contributed by atoms with van der Waals surface area (Å²) in [7, 11) is 3.36. The molecule has 2 aliphatic rings. The standard InChI is InChI=1S/C22H28N6O/c1-7-27-17-10-9-16(21-23-25(5)22(29)26(6)24-21)13-20(17)28(8-2)19-12-15(4)14(3)11-18(19)27/h9-13H,7-8H2,1-6H3,(H,23,24). The zero-order valence-corrected chi connectivity index (χ0v) is 17.9. The van der Waals surface area contributed by atoms with Crippen molar-refractivity contribution >= 4 is 34.6 Å². The molecule has 0 spiro atoms. The second kappa shape index (κ2) is 6.99. The van der Waals surface area contributed by atoms with Gasteiger partial charge in [0.2, 0.25) is 0 Å². The molecule has 4 rings (SSSR count). The Kier molecular flexibility index (Phi) is 4.61. The highest BCUT2D eigenvalue weighted by molar-refractivity contribution is 6.04. The van der Waals surface area contributed by atoms with Gasteiger partial charge in [-0.15, -0.1) is 5.10 Å². The molecule has 0 fully saturated rings. The molecular formula is C22H28N6O. The molecule has 0 bridgehead atoms. The maximum Gasteiger partial charge on any atom is 0.358 e. The number of rotatable bonds is 3. The highest BCUT2D eigenvalue weighted by Crippen LogP contribution is 2.48. The molecule has 0 atom stereocenters. The molecule has 0 aromatic heterocycles. The second-order valence-corrected chi connectivity index (χ2v) is 7.54. The zero-order chi connectivity index (χ0) is 20.9. The molecule has 29 heavy (non-hydrogen) atoms. The highest BCUT2D eigenvalue weighted by atomic mass is 16.2. The summed E-state index contributed by atoms with van der Waals surface area (Å²) in [5.41, 5.74) is 11.4. The van der Waals surface area contributed by atoms with Gasteiger partial charge in [-0.2, -0.15) is 0 Å². The quantitative estimate of drug-likeness (QED) is 0.855. The number of carbonyl (C=O) groups excluding carboxylic acids is 1. The van der Waals surface area contributed by atoms with Crippen LogP contribution in [-0.4, -0.2) is 49.1 Å². The van der Waals surface area contributed by atoms with Crippen LogP contribution in [0.5, 0.6) is 0 Å². The van der Waals surface area contributed by atoms with Crippen LogP contribution in [0.25, 0.3) is 0 Å². The Bertz CT molecular complexity index is 1010. The Labute approximate surface area is 172 Å². The van der Waals surface area contributed by atoms with E-state index in [4.69, 9.17) is 0 Å². The number of nitrogens with zero attached hydrogens (tertiary/aromatic N) is 5.